The molecule has 0 radical (unpaired) electrons. The molecule has 4 N–H and O–H groups in total. The van der Waals surface area contributed by atoms with Crippen LogP contribution in [0.15, 0.2) is 54.6 Å². The maximum Gasteiger partial charge on any atom is 0.216 e. The zero-order valence-electron chi connectivity index (χ0n) is 22.3. The number of Topliss-reactive ketones (excluding diaryl/α,β-unsaturated/α-hetero) is 1. The van der Waals surface area contributed by atoms with Crippen LogP contribution < -0.4 is 4.74 Å². The summed E-state index contributed by atoms with van der Waals surface area (Å²) in [6, 6.07) is 16.2. The molecule has 0 aromatic heterocycles. The average Bonchev–Trinajstić information content (AvgIpc) is 2.93. The van der Waals surface area contributed by atoms with Gasteiger partial charge >= 0.3 is 0 Å². The summed E-state index contributed by atoms with van der Waals surface area (Å²) < 4.78 is 5.89. The fourth-order valence-electron chi connectivity index (χ4n) is 6.04. The van der Waals surface area contributed by atoms with Gasteiger partial charge in [0.2, 0.25) is 5.90 Å². The molecule has 0 fully saturated rings. The van der Waals surface area contributed by atoms with Crippen LogP contribution in [0.2, 0.25) is 0 Å². The van der Waals surface area contributed by atoms with Crippen LogP contribution >= 0.6 is 0 Å². The first kappa shape index (κ1) is 26.9. The van der Waals surface area contributed by atoms with Crippen LogP contribution in [0.3, 0.4) is 0 Å². The lowest BCUT2D eigenvalue weighted by Crippen LogP contribution is -2.25. The molecule has 0 spiro atoms. The topological polar surface area (TPSA) is 111 Å². The third-order valence-corrected chi connectivity index (χ3v) is 8.14. The van der Waals surface area contributed by atoms with Crippen molar-refractivity contribution in [2.45, 2.75) is 82.7 Å². The van der Waals surface area contributed by atoms with Crippen LogP contribution in [0.25, 0.3) is 11.1 Å². The molecule has 6 rings (SSSR count). The molecule has 0 saturated carbocycles. The highest BCUT2D eigenvalue weighted by Crippen LogP contribution is 2.44. The number of aromatic hydroxyl groups is 2. The Hall–Kier alpha value is -3.64. The van der Waals surface area contributed by atoms with Crippen LogP contribution in [0.4, 0.5) is 0 Å². The third kappa shape index (κ3) is 6.01. The summed E-state index contributed by atoms with van der Waals surface area (Å²) in [4.78, 5) is 12.7. The molecule has 2 aliphatic heterocycles. The Kier molecular flexibility index (Phi) is 8.32. The number of ketones is 1. The Morgan fingerprint density at radius 2 is 1.49 bits per heavy atom. The third-order valence-electron chi connectivity index (χ3n) is 8.14. The fraction of sp³-hybridized carbons (Fsp3) is 0.394. The molecule has 3 aromatic rings. The van der Waals surface area contributed by atoms with E-state index in [2.05, 4.69) is 6.07 Å². The van der Waals surface area contributed by atoms with E-state index in [-0.39, 0.29) is 34.8 Å². The van der Waals surface area contributed by atoms with Crippen molar-refractivity contribution in [1.29, 1.82) is 5.41 Å². The number of nitrogens with one attached hydrogen (secondary N) is 1. The SMILES string of the molecule is N=C1Oc2cc(O)c(cc2-c2ccc(O)cc2)C(c2cccc3c2CCCC3=O)CCCCCCCCC1O. The number of phenols is 2. The molecule has 2 atom stereocenters. The van der Waals surface area contributed by atoms with Gasteiger partial charge < -0.3 is 20.1 Å². The van der Waals surface area contributed by atoms with Crippen molar-refractivity contribution in [2.24, 2.45) is 0 Å². The number of hydrogen-bond acceptors (Lipinski definition) is 6. The number of carbonyl (C=O) groups excluding carboxylic acids is 1. The standard InChI is InChI=1S/C33H37NO5/c34-33-30(37)13-6-4-2-1-3-5-9-25(23-10-7-12-26-24(23)11-8-14-29(26)36)28-19-27(32(39-33)20-31(28)38)21-15-17-22(35)18-16-21/h7,10,12,15-20,25,30,34-35,37-38H,1-6,8-9,11,13-14H2. The molecule has 3 aliphatic rings. The van der Waals surface area contributed by atoms with Crippen LogP contribution in [0.5, 0.6) is 17.2 Å². The second kappa shape index (κ2) is 12.0. The van der Waals surface area contributed by atoms with Crippen molar-refractivity contribution >= 4 is 11.7 Å². The van der Waals surface area contributed by atoms with Gasteiger partial charge in [0.1, 0.15) is 23.4 Å². The summed E-state index contributed by atoms with van der Waals surface area (Å²) in [6.45, 7) is 0. The summed E-state index contributed by atoms with van der Waals surface area (Å²) in [5.74, 6) is 0.293. The molecule has 2 unspecified atom stereocenters. The lowest BCUT2D eigenvalue weighted by Gasteiger charge is -2.27. The quantitative estimate of drug-likeness (QED) is 0.280. The van der Waals surface area contributed by atoms with E-state index in [0.717, 1.165) is 85.6 Å². The average molecular weight is 528 g/mol. The summed E-state index contributed by atoms with van der Waals surface area (Å²) in [6.07, 6.45) is 8.54. The second-order valence-corrected chi connectivity index (χ2v) is 10.8. The highest BCUT2D eigenvalue weighted by molar-refractivity contribution is 5.98. The summed E-state index contributed by atoms with van der Waals surface area (Å²) in [7, 11) is 0. The molecule has 2 heterocycles. The number of ether oxygens (including phenoxy) is 1. The number of aliphatic hydroxyl groups is 1. The Bertz CT molecular complexity index is 1350. The molecule has 39 heavy (non-hydrogen) atoms. The minimum Gasteiger partial charge on any atom is -0.508 e. The molecular formula is C33H37NO5. The van der Waals surface area contributed by atoms with Gasteiger partial charge in [-0.25, -0.2) is 0 Å². The minimum absolute atomic E-state index is 0.0617. The maximum absolute atomic E-state index is 12.7. The van der Waals surface area contributed by atoms with E-state index in [1.54, 1.807) is 24.3 Å². The largest absolute Gasteiger partial charge is 0.508 e. The van der Waals surface area contributed by atoms with Gasteiger partial charge in [-0.1, -0.05) is 68.9 Å². The lowest BCUT2D eigenvalue weighted by atomic mass is 9.78. The Morgan fingerprint density at radius 1 is 0.769 bits per heavy atom. The van der Waals surface area contributed by atoms with Crippen molar-refractivity contribution in [3.63, 3.8) is 0 Å². The fourth-order valence-corrected chi connectivity index (χ4v) is 6.04. The van der Waals surface area contributed by atoms with Gasteiger partial charge in [-0.05, 0) is 60.6 Å². The van der Waals surface area contributed by atoms with Crippen LogP contribution in [0, 0.1) is 5.41 Å². The van der Waals surface area contributed by atoms with Gasteiger partial charge in [0.25, 0.3) is 0 Å². The van der Waals surface area contributed by atoms with Crippen LogP contribution in [-0.2, 0) is 6.42 Å². The van der Waals surface area contributed by atoms with E-state index in [1.807, 2.05) is 18.2 Å². The minimum atomic E-state index is -1.02. The number of hydrogen-bond donors (Lipinski definition) is 4. The van der Waals surface area contributed by atoms with Gasteiger partial charge in [0.05, 0.1) is 0 Å². The van der Waals surface area contributed by atoms with Crippen LogP contribution in [-0.4, -0.2) is 33.1 Å². The van der Waals surface area contributed by atoms with E-state index >= 15 is 0 Å². The highest BCUT2D eigenvalue weighted by atomic mass is 16.5. The molecule has 0 saturated heterocycles. The molecule has 1 aliphatic carbocycles. The number of benzene rings is 3. The smallest absolute Gasteiger partial charge is 0.216 e. The Morgan fingerprint density at radius 3 is 2.26 bits per heavy atom. The van der Waals surface area contributed by atoms with E-state index < -0.39 is 6.10 Å². The molecule has 6 heteroatoms. The molecule has 204 valence electrons. The predicted octanol–water partition coefficient (Wildman–Crippen LogP) is 7.27. The van der Waals surface area contributed by atoms with Gasteiger partial charge in [-0.15, -0.1) is 0 Å². The number of aliphatic hydroxyl groups excluding tert-OH is 1. The highest BCUT2D eigenvalue weighted by Gasteiger charge is 2.28. The monoisotopic (exact) mass is 527 g/mol. The van der Waals surface area contributed by atoms with Gasteiger partial charge in [-0.3, -0.25) is 10.2 Å². The van der Waals surface area contributed by atoms with Crippen LogP contribution in [0.1, 0.15) is 97.2 Å². The van der Waals surface area contributed by atoms with E-state index in [4.69, 9.17) is 10.1 Å². The van der Waals surface area contributed by atoms with E-state index in [9.17, 15) is 20.1 Å². The van der Waals surface area contributed by atoms with Crippen molar-refractivity contribution in [3.8, 4) is 28.4 Å². The summed E-state index contributed by atoms with van der Waals surface area (Å²) in [5.41, 5.74) is 5.14. The van der Waals surface area contributed by atoms with Gasteiger partial charge in [0.15, 0.2) is 5.78 Å². The first-order valence-corrected chi connectivity index (χ1v) is 14.2. The molecule has 2 bridgehead atoms. The maximum atomic E-state index is 12.7. The number of phenolic OH excluding ortho intramolecular Hbond substituents is 2. The molecule has 6 nitrogen and oxygen atoms in total. The normalized spacial score (nSPS) is 20.8. The summed E-state index contributed by atoms with van der Waals surface area (Å²) in [5, 5.41) is 40.2. The first-order chi connectivity index (χ1) is 18.9. The van der Waals surface area contributed by atoms with Crippen molar-refractivity contribution in [2.75, 3.05) is 0 Å². The van der Waals surface area contributed by atoms with Gasteiger partial charge in [-0.2, -0.15) is 0 Å². The number of fused-ring (bicyclic) bond motifs is 14. The Labute approximate surface area is 229 Å². The molecular weight excluding hydrogens is 490 g/mol. The predicted molar refractivity (Wildman–Crippen MR) is 152 cm³/mol. The zero-order chi connectivity index (χ0) is 27.4. The molecule has 0 amide bonds. The number of rotatable bonds is 2. The van der Waals surface area contributed by atoms with Gasteiger partial charge in [0, 0.05) is 35.1 Å². The molecule has 3 aromatic carbocycles. The second-order valence-electron chi connectivity index (χ2n) is 10.8. The Balaban J connectivity index is 1.66. The van der Waals surface area contributed by atoms with E-state index in [0.29, 0.717) is 18.4 Å². The summed E-state index contributed by atoms with van der Waals surface area (Å²) >= 11 is 0. The van der Waals surface area contributed by atoms with E-state index in [1.165, 1.54) is 6.07 Å². The number of carbonyl (C=O) groups is 1. The van der Waals surface area contributed by atoms with Crippen molar-refractivity contribution in [3.05, 3.63) is 76.9 Å². The van der Waals surface area contributed by atoms with Crippen molar-refractivity contribution < 1.29 is 24.9 Å². The lowest BCUT2D eigenvalue weighted by molar-refractivity contribution is 0.0972. The zero-order valence-corrected chi connectivity index (χ0v) is 22.3. The first-order valence-electron chi connectivity index (χ1n) is 14.2. The van der Waals surface area contributed by atoms with Crippen molar-refractivity contribution in [1.82, 2.24) is 0 Å².